The number of alkyl halides is 3. The van der Waals surface area contributed by atoms with E-state index in [0.29, 0.717) is 0 Å². The molecule has 0 saturated heterocycles. The number of aliphatic hydroxyl groups is 1. The van der Waals surface area contributed by atoms with Gasteiger partial charge in [-0.2, -0.15) is 13.2 Å². The molecule has 0 aliphatic carbocycles. The first-order valence-electron chi connectivity index (χ1n) is 5.86. The van der Waals surface area contributed by atoms with Crippen molar-refractivity contribution in [2.75, 3.05) is 13.2 Å². The van der Waals surface area contributed by atoms with Gasteiger partial charge in [0.1, 0.15) is 0 Å². The third-order valence-corrected chi connectivity index (χ3v) is 2.66. The molecule has 3 nitrogen and oxygen atoms in total. The zero-order valence-electron chi connectivity index (χ0n) is 10.7. The Morgan fingerprint density at radius 1 is 1.37 bits per heavy atom. The third-order valence-electron chi connectivity index (χ3n) is 2.66. The molecular formula is C13H16F3NO2. The number of aliphatic hydroxyl groups excluding tert-OH is 1. The van der Waals surface area contributed by atoms with Gasteiger partial charge >= 0.3 is 6.18 Å². The van der Waals surface area contributed by atoms with Crippen LogP contribution in [0.1, 0.15) is 29.8 Å². The van der Waals surface area contributed by atoms with Crippen LogP contribution in [0.5, 0.6) is 0 Å². The van der Waals surface area contributed by atoms with Crippen LogP contribution in [0.15, 0.2) is 24.3 Å². The first-order valence-corrected chi connectivity index (χ1v) is 5.86. The Labute approximate surface area is 109 Å². The van der Waals surface area contributed by atoms with Crippen molar-refractivity contribution in [3.63, 3.8) is 0 Å². The van der Waals surface area contributed by atoms with Crippen molar-refractivity contribution in [3.8, 4) is 0 Å². The van der Waals surface area contributed by atoms with Crippen LogP contribution in [-0.4, -0.2) is 35.1 Å². The van der Waals surface area contributed by atoms with Crippen LogP contribution in [0.2, 0.25) is 0 Å². The highest BCUT2D eigenvalue weighted by Crippen LogP contribution is 2.29. The van der Waals surface area contributed by atoms with Crippen molar-refractivity contribution >= 4 is 5.91 Å². The van der Waals surface area contributed by atoms with E-state index in [4.69, 9.17) is 5.11 Å². The van der Waals surface area contributed by atoms with E-state index in [1.54, 1.807) is 13.8 Å². The molecule has 0 aromatic heterocycles. The lowest BCUT2D eigenvalue weighted by atomic mass is 10.1. The van der Waals surface area contributed by atoms with E-state index >= 15 is 0 Å². The summed E-state index contributed by atoms with van der Waals surface area (Å²) < 4.78 is 37.7. The monoisotopic (exact) mass is 275 g/mol. The van der Waals surface area contributed by atoms with Crippen molar-refractivity contribution in [2.24, 2.45) is 0 Å². The standard InChI is InChI=1S/C13H16F3NO2/c1-9(2)17(6-7-18)12(19)10-4-3-5-11(8-10)13(14,15)16/h3-5,8-9,18H,6-7H2,1-2H3. The fourth-order valence-electron chi connectivity index (χ4n) is 1.70. The van der Waals surface area contributed by atoms with Gasteiger partial charge in [-0.25, -0.2) is 0 Å². The molecule has 0 aliphatic heterocycles. The van der Waals surface area contributed by atoms with Gasteiger partial charge in [-0.1, -0.05) is 6.07 Å². The molecule has 1 aromatic carbocycles. The number of hydrogen-bond acceptors (Lipinski definition) is 2. The van der Waals surface area contributed by atoms with Gasteiger partial charge < -0.3 is 10.0 Å². The summed E-state index contributed by atoms with van der Waals surface area (Å²) in [6.45, 7) is 3.33. The predicted molar refractivity (Wildman–Crippen MR) is 64.7 cm³/mol. The van der Waals surface area contributed by atoms with Gasteiger partial charge in [-0.15, -0.1) is 0 Å². The fourth-order valence-corrected chi connectivity index (χ4v) is 1.70. The van der Waals surface area contributed by atoms with Crippen LogP contribution >= 0.6 is 0 Å². The SMILES string of the molecule is CC(C)N(CCO)C(=O)c1cccc(C(F)(F)F)c1. The van der Waals surface area contributed by atoms with E-state index in [9.17, 15) is 18.0 Å². The van der Waals surface area contributed by atoms with E-state index in [1.807, 2.05) is 0 Å². The molecule has 0 aliphatic rings. The average molecular weight is 275 g/mol. The molecule has 106 valence electrons. The first-order chi connectivity index (χ1) is 8.77. The number of carbonyl (C=O) groups excluding carboxylic acids is 1. The fraction of sp³-hybridized carbons (Fsp3) is 0.462. The number of rotatable bonds is 4. The van der Waals surface area contributed by atoms with Crippen molar-refractivity contribution in [2.45, 2.75) is 26.1 Å². The minimum atomic E-state index is -4.48. The van der Waals surface area contributed by atoms with Crippen molar-refractivity contribution in [1.29, 1.82) is 0 Å². The number of halogens is 3. The van der Waals surface area contributed by atoms with E-state index in [-0.39, 0.29) is 24.8 Å². The maximum Gasteiger partial charge on any atom is 0.416 e. The minimum absolute atomic E-state index is 0.0306. The summed E-state index contributed by atoms with van der Waals surface area (Å²) >= 11 is 0. The van der Waals surface area contributed by atoms with Crippen LogP contribution in [0.3, 0.4) is 0 Å². The van der Waals surface area contributed by atoms with E-state index < -0.39 is 17.6 Å². The number of hydrogen-bond donors (Lipinski definition) is 1. The average Bonchev–Trinajstić information content (AvgIpc) is 2.34. The maximum atomic E-state index is 12.6. The highest BCUT2D eigenvalue weighted by molar-refractivity contribution is 5.94. The smallest absolute Gasteiger partial charge is 0.395 e. The molecule has 0 fully saturated rings. The molecule has 0 heterocycles. The minimum Gasteiger partial charge on any atom is -0.395 e. The van der Waals surface area contributed by atoms with Crippen molar-refractivity contribution in [3.05, 3.63) is 35.4 Å². The van der Waals surface area contributed by atoms with Crippen LogP contribution in [0.4, 0.5) is 13.2 Å². The summed E-state index contributed by atoms with van der Waals surface area (Å²) in [5.41, 5.74) is -0.886. The Bertz CT molecular complexity index is 444. The highest BCUT2D eigenvalue weighted by Gasteiger charge is 2.31. The molecule has 6 heteroatoms. The Morgan fingerprint density at radius 3 is 2.47 bits per heavy atom. The van der Waals surface area contributed by atoms with Crippen molar-refractivity contribution in [1.82, 2.24) is 4.90 Å². The van der Waals surface area contributed by atoms with Crippen LogP contribution in [-0.2, 0) is 6.18 Å². The summed E-state index contributed by atoms with van der Waals surface area (Å²) in [7, 11) is 0. The number of benzene rings is 1. The molecule has 0 radical (unpaired) electrons. The molecule has 0 spiro atoms. The quantitative estimate of drug-likeness (QED) is 0.917. The Morgan fingerprint density at radius 2 is 2.00 bits per heavy atom. The van der Waals surface area contributed by atoms with Crippen molar-refractivity contribution < 1.29 is 23.1 Å². The highest BCUT2D eigenvalue weighted by atomic mass is 19.4. The second-order valence-corrected chi connectivity index (χ2v) is 4.39. The summed E-state index contributed by atoms with van der Waals surface area (Å²) in [6, 6.07) is 4.09. The Kier molecular flexibility index (Phi) is 4.94. The normalized spacial score (nSPS) is 11.7. The topological polar surface area (TPSA) is 40.5 Å². The van der Waals surface area contributed by atoms with Gasteiger partial charge in [-0.05, 0) is 32.0 Å². The lowest BCUT2D eigenvalue weighted by molar-refractivity contribution is -0.137. The molecule has 19 heavy (non-hydrogen) atoms. The van der Waals surface area contributed by atoms with E-state index in [0.717, 1.165) is 12.1 Å². The van der Waals surface area contributed by atoms with Crippen LogP contribution < -0.4 is 0 Å². The molecule has 1 aromatic rings. The molecule has 0 saturated carbocycles. The number of amides is 1. The zero-order chi connectivity index (χ0) is 14.6. The number of carbonyl (C=O) groups is 1. The lowest BCUT2D eigenvalue weighted by Crippen LogP contribution is -2.39. The van der Waals surface area contributed by atoms with E-state index in [1.165, 1.54) is 17.0 Å². The molecule has 1 N–H and O–H groups in total. The van der Waals surface area contributed by atoms with Crippen LogP contribution in [0.25, 0.3) is 0 Å². The molecule has 0 unspecified atom stereocenters. The molecule has 0 atom stereocenters. The van der Waals surface area contributed by atoms with Gasteiger partial charge in [0.25, 0.3) is 5.91 Å². The Balaban J connectivity index is 3.05. The third kappa shape index (κ3) is 3.96. The van der Waals surface area contributed by atoms with Gasteiger partial charge in [0.15, 0.2) is 0 Å². The van der Waals surface area contributed by atoms with Gasteiger partial charge in [0.2, 0.25) is 0 Å². The van der Waals surface area contributed by atoms with Gasteiger partial charge in [-0.3, -0.25) is 4.79 Å². The molecule has 1 amide bonds. The Hall–Kier alpha value is -1.56. The summed E-state index contributed by atoms with van der Waals surface area (Å²) in [5.74, 6) is -0.518. The van der Waals surface area contributed by atoms with E-state index in [2.05, 4.69) is 0 Å². The summed E-state index contributed by atoms with van der Waals surface area (Å²) in [5, 5.41) is 8.89. The van der Waals surface area contributed by atoms with Crippen LogP contribution in [0, 0.1) is 0 Å². The first kappa shape index (κ1) is 15.5. The lowest BCUT2D eigenvalue weighted by Gasteiger charge is -2.26. The second-order valence-electron chi connectivity index (χ2n) is 4.39. The van der Waals surface area contributed by atoms with Gasteiger partial charge in [0.05, 0.1) is 12.2 Å². The predicted octanol–water partition coefficient (Wildman–Crippen LogP) is 2.55. The molecule has 0 bridgehead atoms. The summed E-state index contributed by atoms with van der Waals surface area (Å²) in [6.07, 6.45) is -4.48. The molecule has 1 rings (SSSR count). The zero-order valence-corrected chi connectivity index (χ0v) is 10.7. The number of nitrogens with zero attached hydrogens (tertiary/aromatic N) is 1. The van der Waals surface area contributed by atoms with Gasteiger partial charge in [0, 0.05) is 18.2 Å². The summed E-state index contributed by atoms with van der Waals surface area (Å²) in [4.78, 5) is 13.4. The largest absolute Gasteiger partial charge is 0.416 e. The second kappa shape index (κ2) is 6.06. The molecular weight excluding hydrogens is 259 g/mol. The maximum absolute atomic E-state index is 12.6.